The van der Waals surface area contributed by atoms with Gasteiger partial charge in [-0.05, 0) is 55.5 Å². The summed E-state index contributed by atoms with van der Waals surface area (Å²) in [5.41, 5.74) is 2.61. The molecule has 1 atom stereocenters. The van der Waals surface area contributed by atoms with Crippen LogP contribution in [0.15, 0.2) is 18.2 Å². The van der Waals surface area contributed by atoms with Gasteiger partial charge in [0.15, 0.2) is 0 Å². The van der Waals surface area contributed by atoms with Crippen LogP contribution in [0.3, 0.4) is 0 Å². The molecule has 0 amide bonds. The van der Waals surface area contributed by atoms with Gasteiger partial charge in [0.05, 0.1) is 0 Å². The van der Waals surface area contributed by atoms with Crippen molar-refractivity contribution in [3.63, 3.8) is 0 Å². The third-order valence-corrected chi connectivity index (χ3v) is 3.69. The van der Waals surface area contributed by atoms with Crippen LogP contribution in [-0.2, 0) is 0 Å². The third-order valence-electron chi connectivity index (χ3n) is 3.47. The summed E-state index contributed by atoms with van der Waals surface area (Å²) in [6.45, 7) is 5.30. The van der Waals surface area contributed by atoms with Crippen LogP contribution in [-0.4, -0.2) is 6.54 Å². The first kappa shape index (κ1) is 11.9. The fourth-order valence-corrected chi connectivity index (χ4v) is 2.79. The van der Waals surface area contributed by atoms with Gasteiger partial charge < -0.3 is 5.32 Å². The number of nitrogens with one attached hydrogen (secondary N) is 1. The molecule has 2 heteroatoms. The molecule has 1 N–H and O–H groups in total. The van der Waals surface area contributed by atoms with E-state index in [1.54, 1.807) is 0 Å². The molecule has 0 heterocycles. The molecular weight excluding hydrogens is 218 g/mol. The molecule has 16 heavy (non-hydrogen) atoms. The van der Waals surface area contributed by atoms with E-state index in [2.05, 4.69) is 31.3 Å². The highest BCUT2D eigenvalue weighted by Gasteiger charge is 2.27. The molecule has 1 aliphatic rings. The summed E-state index contributed by atoms with van der Waals surface area (Å²) in [6.07, 6.45) is 4.08. The van der Waals surface area contributed by atoms with Crippen molar-refractivity contribution in [2.45, 2.75) is 39.2 Å². The first-order valence-corrected chi connectivity index (χ1v) is 6.59. The molecule has 88 valence electrons. The predicted octanol–water partition coefficient (Wildman–Crippen LogP) is 4.10. The van der Waals surface area contributed by atoms with Gasteiger partial charge in [-0.15, -0.1) is 0 Å². The number of benzene rings is 1. The van der Waals surface area contributed by atoms with Gasteiger partial charge in [-0.2, -0.15) is 0 Å². The zero-order valence-electron chi connectivity index (χ0n) is 10.1. The highest BCUT2D eigenvalue weighted by molar-refractivity contribution is 6.30. The van der Waals surface area contributed by atoms with E-state index < -0.39 is 0 Å². The summed E-state index contributed by atoms with van der Waals surface area (Å²) < 4.78 is 0. The quantitative estimate of drug-likeness (QED) is 0.832. The van der Waals surface area contributed by atoms with Crippen LogP contribution in [0.1, 0.15) is 43.4 Å². The van der Waals surface area contributed by atoms with E-state index in [9.17, 15) is 0 Å². The molecule has 0 radical (unpaired) electrons. The van der Waals surface area contributed by atoms with Crippen LogP contribution in [0.5, 0.6) is 0 Å². The lowest BCUT2D eigenvalue weighted by Crippen LogP contribution is -2.32. The van der Waals surface area contributed by atoms with E-state index in [0.29, 0.717) is 6.04 Å². The molecule has 1 fully saturated rings. The lowest BCUT2D eigenvalue weighted by Gasteiger charge is -2.35. The van der Waals surface area contributed by atoms with E-state index in [1.165, 1.54) is 30.4 Å². The Balaban J connectivity index is 2.22. The van der Waals surface area contributed by atoms with Crippen molar-refractivity contribution in [2.24, 2.45) is 5.92 Å². The van der Waals surface area contributed by atoms with Crippen molar-refractivity contribution < 1.29 is 0 Å². The largest absolute Gasteiger partial charge is 0.310 e. The molecule has 0 aromatic heterocycles. The van der Waals surface area contributed by atoms with Crippen molar-refractivity contribution in [2.75, 3.05) is 6.54 Å². The first-order chi connectivity index (χ1) is 7.70. The van der Waals surface area contributed by atoms with Crippen molar-refractivity contribution in [3.05, 3.63) is 34.3 Å². The fourth-order valence-electron chi connectivity index (χ4n) is 2.49. The van der Waals surface area contributed by atoms with Crippen molar-refractivity contribution >= 4 is 11.6 Å². The highest BCUT2D eigenvalue weighted by Crippen LogP contribution is 2.38. The fraction of sp³-hybridized carbons (Fsp3) is 0.571. The summed E-state index contributed by atoms with van der Waals surface area (Å²) in [7, 11) is 0. The predicted molar refractivity (Wildman–Crippen MR) is 69.9 cm³/mol. The maximum absolute atomic E-state index is 6.13. The van der Waals surface area contributed by atoms with E-state index in [1.807, 2.05) is 6.07 Å². The molecule has 0 saturated heterocycles. The summed E-state index contributed by atoms with van der Waals surface area (Å²) >= 11 is 6.13. The maximum atomic E-state index is 6.13. The Kier molecular flexibility index (Phi) is 3.88. The molecule has 0 spiro atoms. The van der Waals surface area contributed by atoms with Crippen molar-refractivity contribution in [3.8, 4) is 0 Å². The Hall–Kier alpha value is -0.530. The van der Waals surface area contributed by atoms with Gasteiger partial charge in [-0.25, -0.2) is 0 Å². The first-order valence-electron chi connectivity index (χ1n) is 6.21. The van der Waals surface area contributed by atoms with Gasteiger partial charge in [0, 0.05) is 11.1 Å². The number of halogens is 1. The Bertz CT molecular complexity index is 338. The molecule has 1 saturated carbocycles. The minimum atomic E-state index is 0.496. The van der Waals surface area contributed by atoms with Crippen LogP contribution in [0.4, 0.5) is 0 Å². The number of hydrogen-bond acceptors (Lipinski definition) is 1. The number of hydrogen-bond donors (Lipinski definition) is 1. The van der Waals surface area contributed by atoms with Gasteiger partial charge in [-0.3, -0.25) is 0 Å². The molecule has 1 nitrogen and oxygen atoms in total. The smallest absolute Gasteiger partial charge is 0.0411 e. The van der Waals surface area contributed by atoms with Gasteiger partial charge >= 0.3 is 0 Å². The van der Waals surface area contributed by atoms with E-state index in [-0.39, 0.29) is 0 Å². The Labute approximate surface area is 103 Å². The lowest BCUT2D eigenvalue weighted by molar-refractivity contribution is 0.233. The average molecular weight is 238 g/mol. The molecule has 0 bridgehead atoms. The van der Waals surface area contributed by atoms with Crippen molar-refractivity contribution in [1.82, 2.24) is 5.32 Å². The van der Waals surface area contributed by atoms with Crippen LogP contribution < -0.4 is 5.32 Å². The van der Waals surface area contributed by atoms with Crippen molar-refractivity contribution in [1.29, 1.82) is 0 Å². The van der Waals surface area contributed by atoms with E-state index >= 15 is 0 Å². The summed E-state index contributed by atoms with van der Waals surface area (Å²) in [6, 6.07) is 6.89. The monoisotopic (exact) mass is 237 g/mol. The van der Waals surface area contributed by atoms with Gasteiger partial charge in [-0.1, -0.05) is 31.0 Å². The molecule has 1 aromatic carbocycles. The minimum Gasteiger partial charge on any atom is -0.310 e. The summed E-state index contributed by atoms with van der Waals surface area (Å²) in [4.78, 5) is 0. The highest BCUT2D eigenvalue weighted by atomic mass is 35.5. The zero-order chi connectivity index (χ0) is 11.5. The SMILES string of the molecule is CCNC(c1cc(C)cc(Cl)c1)C1CCC1. The van der Waals surface area contributed by atoms with Crippen LogP contribution in [0.25, 0.3) is 0 Å². The molecule has 0 aliphatic heterocycles. The zero-order valence-corrected chi connectivity index (χ0v) is 10.8. The Morgan fingerprint density at radius 3 is 2.62 bits per heavy atom. The van der Waals surface area contributed by atoms with Gasteiger partial charge in [0.25, 0.3) is 0 Å². The molecule has 2 rings (SSSR count). The van der Waals surface area contributed by atoms with Crippen LogP contribution >= 0.6 is 11.6 Å². The van der Waals surface area contributed by atoms with E-state index in [0.717, 1.165) is 17.5 Å². The second kappa shape index (κ2) is 5.20. The second-order valence-electron chi connectivity index (χ2n) is 4.79. The normalized spacial score (nSPS) is 18.2. The van der Waals surface area contributed by atoms with E-state index in [4.69, 9.17) is 11.6 Å². The standard InChI is InChI=1S/C14H20ClN/c1-3-16-14(11-5-4-6-11)12-7-10(2)8-13(15)9-12/h7-9,11,14,16H,3-6H2,1-2H3. The molecule has 1 aromatic rings. The summed E-state index contributed by atoms with van der Waals surface area (Å²) in [5.74, 6) is 0.804. The number of aryl methyl sites for hydroxylation is 1. The molecule has 1 unspecified atom stereocenters. The Morgan fingerprint density at radius 1 is 1.38 bits per heavy atom. The van der Waals surface area contributed by atoms with Gasteiger partial charge in [0.1, 0.15) is 0 Å². The van der Waals surface area contributed by atoms with Gasteiger partial charge in [0.2, 0.25) is 0 Å². The Morgan fingerprint density at radius 2 is 2.12 bits per heavy atom. The lowest BCUT2D eigenvalue weighted by atomic mass is 9.77. The van der Waals surface area contributed by atoms with Crippen LogP contribution in [0, 0.1) is 12.8 Å². The molecular formula is C14H20ClN. The third kappa shape index (κ3) is 2.58. The topological polar surface area (TPSA) is 12.0 Å². The maximum Gasteiger partial charge on any atom is 0.0411 e. The summed E-state index contributed by atoms with van der Waals surface area (Å²) in [5, 5.41) is 4.46. The number of rotatable bonds is 4. The van der Waals surface area contributed by atoms with Crippen LogP contribution in [0.2, 0.25) is 5.02 Å². The minimum absolute atomic E-state index is 0.496. The molecule has 1 aliphatic carbocycles. The average Bonchev–Trinajstić information content (AvgIpc) is 2.12. The second-order valence-corrected chi connectivity index (χ2v) is 5.22.